The first-order valence-corrected chi connectivity index (χ1v) is 14.2. The van der Waals surface area contributed by atoms with E-state index in [1.807, 2.05) is 60.7 Å². The molecule has 0 saturated heterocycles. The standard InChI is InChI=1S/C32H44N4O4/c1-32(2,33)31(39)34-28(23-40-22-26-13-8-5-9-14-26)29(37)21-25-15-10-16-27(19-17-25)35-36(3)30(38)20-18-24-11-6-4-7-12-24/h4-9,11-14,25,28H,10,15-23,33H2,1-3H3,(H,34,39)/b35-27-/t25?,28-/m1/s1. The summed E-state index contributed by atoms with van der Waals surface area (Å²) >= 11 is 0. The zero-order chi connectivity index (χ0) is 29.0. The molecule has 1 aliphatic carbocycles. The second-order valence-electron chi connectivity index (χ2n) is 11.3. The van der Waals surface area contributed by atoms with Crippen molar-refractivity contribution in [2.45, 2.75) is 83.4 Å². The van der Waals surface area contributed by atoms with Gasteiger partial charge in [0.2, 0.25) is 11.8 Å². The number of nitrogens with one attached hydrogen (secondary N) is 1. The van der Waals surface area contributed by atoms with E-state index < -0.39 is 11.6 Å². The zero-order valence-corrected chi connectivity index (χ0v) is 24.1. The van der Waals surface area contributed by atoms with Crippen LogP contribution in [0.15, 0.2) is 65.8 Å². The lowest BCUT2D eigenvalue weighted by atomic mass is 9.92. The lowest BCUT2D eigenvalue weighted by molar-refractivity contribution is -0.132. The third-order valence-electron chi connectivity index (χ3n) is 7.21. The minimum absolute atomic E-state index is 0.00996. The summed E-state index contributed by atoms with van der Waals surface area (Å²) in [5.41, 5.74) is 7.99. The molecular weight excluding hydrogens is 504 g/mol. The van der Waals surface area contributed by atoms with Gasteiger partial charge in [0.05, 0.1) is 18.8 Å². The molecule has 1 saturated carbocycles. The fourth-order valence-electron chi connectivity index (χ4n) is 4.72. The Morgan fingerprint density at radius 1 is 1.02 bits per heavy atom. The number of aryl methyl sites for hydroxylation is 1. The predicted molar refractivity (Wildman–Crippen MR) is 157 cm³/mol. The van der Waals surface area contributed by atoms with Crippen molar-refractivity contribution in [3.8, 4) is 0 Å². The highest BCUT2D eigenvalue weighted by atomic mass is 16.5. The summed E-state index contributed by atoms with van der Waals surface area (Å²) in [5.74, 6) is -0.267. The number of ketones is 1. The summed E-state index contributed by atoms with van der Waals surface area (Å²) in [7, 11) is 1.72. The average Bonchev–Trinajstić information content (AvgIpc) is 3.16. The number of carbonyl (C=O) groups excluding carboxylic acids is 3. The van der Waals surface area contributed by atoms with Crippen LogP contribution in [-0.4, -0.2) is 53.6 Å². The number of Topliss-reactive ketones (excluding diaryl/α,β-unsaturated/α-hetero) is 1. The lowest BCUT2D eigenvalue weighted by Gasteiger charge is -2.25. The Morgan fingerprint density at radius 2 is 1.68 bits per heavy atom. The Bertz CT molecular complexity index is 1130. The minimum Gasteiger partial charge on any atom is -0.374 e. The second kappa shape index (κ2) is 15.4. The number of carbonyl (C=O) groups is 3. The summed E-state index contributed by atoms with van der Waals surface area (Å²) < 4.78 is 5.83. The van der Waals surface area contributed by atoms with E-state index >= 15 is 0 Å². The van der Waals surface area contributed by atoms with Crippen LogP contribution in [0.1, 0.15) is 69.9 Å². The molecule has 2 aromatic rings. The van der Waals surface area contributed by atoms with Crippen LogP contribution >= 0.6 is 0 Å². The van der Waals surface area contributed by atoms with E-state index in [9.17, 15) is 14.4 Å². The van der Waals surface area contributed by atoms with Gasteiger partial charge in [-0.3, -0.25) is 14.4 Å². The Hall–Kier alpha value is -3.36. The van der Waals surface area contributed by atoms with E-state index in [1.54, 1.807) is 20.9 Å². The number of hydrazone groups is 1. The molecule has 0 bridgehead atoms. The molecule has 3 N–H and O–H groups in total. The van der Waals surface area contributed by atoms with Crippen LogP contribution in [0.2, 0.25) is 0 Å². The molecule has 2 amide bonds. The van der Waals surface area contributed by atoms with Gasteiger partial charge in [-0.25, -0.2) is 5.01 Å². The van der Waals surface area contributed by atoms with Crippen molar-refractivity contribution in [2.24, 2.45) is 16.8 Å². The molecular formula is C32H44N4O4. The average molecular weight is 549 g/mol. The van der Waals surface area contributed by atoms with Crippen molar-refractivity contribution in [3.05, 3.63) is 71.8 Å². The first-order valence-electron chi connectivity index (χ1n) is 14.2. The van der Waals surface area contributed by atoms with Crippen LogP contribution < -0.4 is 11.1 Å². The monoisotopic (exact) mass is 548 g/mol. The lowest BCUT2D eigenvalue weighted by Crippen LogP contribution is -2.55. The Morgan fingerprint density at radius 3 is 2.33 bits per heavy atom. The van der Waals surface area contributed by atoms with Gasteiger partial charge >= 0.3 is 0 Å². The van der Waals surface area contributed by atoms with Crippen LogP contribution in [0, 0.1) is 5.92 Å². The zero-order valence-electron chi connectivity index (χ0n) is 24.1. The SMILES string of the molecule is CN(/N=C1/CCCC(CC(=O)[C@@H](COCc2ccccc2)NC(=O)C(C)(C)N)CC1)C(=O)CCc1ccccc1. The second-order valence-corrected chi connectivity index (χ2v) is 11.3. The summed E-state index contributed by atoms with van der Waals surface area (Å²) in [6, 6.07) is 18.9. The Kier molecular flexibility index (Phi) is 12.0. The van der Waals surface area contributed by atoms with Crippen LogP contribution in [0.3, 0.4) is 0 Å². The maximum Gasteiger partial charge on any atom is 0.242 e. The van der Waals surface area contributed by atoms with Crippen molar-refractivity contribution in [1.82, 2.24) is 10.3 Å². The van der Waals surface area contributed by atoms with Gasteiger partial charge in [0.1, 0.15) is 6.04 Å². The maximum atomic E-state index is 13.3. The van der Waals surface area contributed by atoms with Crippen LogP contribution in [-0.2, 0) is 32.1 Å². The van der Waals surface area contributed by atoms with E-state index in [0.29, 0.717) is 25.9 Å². The number of hydrogen-bond acceptors (Lipinski definition) is 6. The van der Waals surface area contributed by atoms with E-state index in [0.717, 1.165) is 48.9 Å². The van der Waals surface area contributed by atoms with Crippen molar-refractivity contribution in [1.29, 1.82) is 0 Å². The van der Waals surface area contributed by atoms with Crippen LogP contribution in [0.25, 0.3) is 0 Å². The molecule has 0 aliphatic heterocycles. The number of amides is 2. The molecule has 3 rings (SSSR count). The van der Waals surface area contributed by atoms with Crippen LogP contribution in [0.5, 0.6) is 0 Å². The molecule has 1 unspecified atom stereocenters. The molecule has 2 aromatic carbocycles. The molecule has 40 heavy (non-hydrogen) atoms. The molecule has 0 spiro atoms. The molecule has 1 aliphatic rings. The quantitative estimate of drug-likeness (QED) is 0.284. The number of benzene rings is 2. The fourth-order valence-corrected chi connectivity index (χ4v) is 4.72. The van der Waals surface area contributed by atoms with Crippen molar-refractivity contribution >= 4 is 23.3 Å². The fraction of sp³-hybridized carbons (Fsp3) is 0.500. The third-order valence-corrected chi connectivity index (χ3v) is 7.21. The van der Waals surface area contributed by atoms with Gasteiger partial charge < -0.3 is 15.8 Å². The van der Waals surface area contributed by atoms with Gasteiger partial charge in [-0.1, -0.05) is 60.7 Å². The summed E-state index contributed by atoms with van der Waals surface area (Å²) in [5, 5.41) is 8.90. The van der Waals surface area contributed by atoms with Crippen molar-refractivity contribution < 1.29 is 19.1 Å². The van der Waals surface area contributed by atoms with Crippen molar-refractivity contribution in [2.75, 3.05) is 13.7 Å². The van der Waals surface area contributed by atoms with Gasteiger partial charge in [0, 0.05) is 25.6 Å². The van der Waals surface area contributed by atoms with Gasteiger partial charge in [0.15, 0.2) is 5.78 Å². The third kappa shape index (κ3) is 10.7. The highest BCUT2D eigenvalue weighted by molar-refractivity contribution is 5.92. The van der Waals surface area contributed by atoms with Gasteiger partial charge in [-0.2, -0.15) is 5.10 Å². The Labute approximate surface area is 238 Å². The number of rotatable bonds is 13. The van der Waals surface area contributed by atoms with E-state index in [4.69, 9.17) is 10.5 Å². The predicted octanol–water partition coefficient (Wildman–Crippen LogP) is 4.41. The summed E-state index contributed by atoms with van der Waals surface area (Å²) in [6.45, 7) is 3.67. The molecule has 0 heterocycles. The summed E-state index contributed by atoms with van der Waals surface area (Å²) in [4.78, 5) is 38.6. The largest absolute Gasteiger partial charge is 0.374 e. The molecule has 8 nitrogen and oxygen atoms in total. The van der Waals surface area contributed by atoms with Crippen molar-refractivity contribution in [3.63, 3.8) is 0 Å². The Balaban J connectivity index is 1.52. The number of hydrogen-bond donors (Lipinski definition) is 2. The molecule has 0 radical (unpaired) electrons. The number of nitrogens with two attached hydrogens (primary N) is 1. The number of nitrogens with zero attached hydrogens (tertiary/aromatic N) is 2. The first-order chi connectivity index (χ1) is 19.1. The number of ether oxygens (including phenoxy) is 1. The molecule has 8 heteroatoms. The van der Waals surface area contributed by atoms with E-state index in [-0.39, 0.29) is 30.1 Å². The highest BCUT2D eigenvalue weighted by Gasteiger charge is 2.30. The van der Waals surface area contributed by atoms with E-state index in [1.165, 1.54) is 5.01 Å². The molecule has 2 atom stereocenters. The highest BCUT2D eigenvalue weighted by Crippen LogP contribution is 2.26. The first kappa shape index (κ1) is 31.2. The normalized spacial score (nSPS) is 17.6. The van der Waals surface area contributed by atoms with E-state index in [2.05, 4.69) is 10.4 Å². The molecule has 0 aromatic heterocycles. The van der Waals surface area contributed by atoms with Gasteiger partial charge in [0.25, 0.3) is 0 Å². The van der Waals surface area contributed by atoms with Crippen LogP contribution in [0.4, 0.5) is 0 Å². The molecule has 1 fully saturated rings. The molecule has 216 valence electrons. The van der Waals surface area contributed by atoms with Gasteiger partial charge in [-0.05, 0) is 69.4 Å². The topological polar surface area (TPSA) is 114 Å². The smallest absolute Gasteiger partial charge is 0.242 e. The van der Waals surface area contributed by atoms with Gasteiger partial charge in [-0.15, -0.1) is 0 Å². The minimum atomic E-state index is -1.10. The maximum absolute atomic E-state index is 13.3. The summed E-state index contributed by atoms with van der Waals surface area (Å²) in [6.07, 6.45) is 5.60.